The number of ether oxygens (including phenoxy) is 2. The largest absolute Gasteiger partial charge is 0.463 e. The molecule has 4 heteroatoms. The SMILES string of the molecule is CCC1(C(=O)C(=O)OC)CCOCC1. The molecule has 0 aromatic rings. The fourth-order valence-electron chi connectivity index (χ4n) is 1.81. The summed E-state index contributed by atoms with van der Waals surface area (Å²) < 4.78 is 9.65. The van der Waals surface area contributed by atoms with Crippen molar-refractivity contribution >= 4 is 11.8 Å². The Hall–Kier alpha value is -0.900. The van der Waals surface area contributed by atoms with Crippen LogP contribution in [0.15, 0.2) is 0 Å². The van der Waals surface area contributed by atoms with E-state index in [0.29, 0.717) is 32.5 Å². The van der Waals surface area contributed by atoms with Crippen molar-refractivity contribution in [2.24, 2.45) is 5.41 Å². The van der Waals surface area contributed by atoms with E-state index >= 15 is 0 Å². The fourth-order valence-corrected chi connectivity index (χ4v) is 1.81. The highest BCUT2D eigenvalue weighted by Gasteiger charge is 2.42. The lowest BCUT2D eigenvalue weighted by molar-refractivity contribution is -0.159. The summed E-state index contributed by atoms with van der Waals surface area (Å²) in [5.41, 5.74) is -0.536. The van der Waals surface area contributed by atoms with Crippen LogP contribution >= 0.6 is 0 Å². The topological polar surface area (TPSA) is 52.6 Å². The van der Waals surface area contributed by atoms with Gasteiger partial charge in [0.15, 0.2) is 0 Å². The maximum atomic E-state index is 11.8. The van der Waals surface area contributed by atoms with Gasteiger partial charge >= 0.3 is 5.97 Å². The number of rotatable bonds is 3. The molecule has 0 N–H and O–H groups in total. The molecular formula is C10H16O4. The van der Waals surface area contributed by atoms with Crippen molar-refractivity contribution in [1.29, 1.82) is 0 Å². The Labute approximate surface area is 83.6 Å². The number of carbonyl (C=O) groups excluding carboxylic acids is 2. The molecule has 1 aliphatic heterocycles. The van der Waals surface area contributed by atoms with E-state index in [-0.39, 0.29) is 0 Å². The molecule has 80 valence electrons. The molecule has 14 heavy (non-hydrogen) atoms. The standard InChI is InChI=1S/C10H16O4/c1-3-10(4-6-14-7-5-10)8(11)9(12)13-2/h3-7H2,1-2H3. The van der Waals surface area contributed by atoms with Gasteiger partial charge in [0.05, 0.1) is 7.11 Å². The second kappa shape index (κ2) is 4.55. The molecule has 0 spiro atoms. The maximum Gasteiger partial charge on any atom is 0.374 e. The van der Waals surface area contributed by atoms with Gasteiger partial charge in [-0.05, 0) is 19.3 Å². The molecule has 0 atom stereocenters. The smallest absolute Gasteiger partial charge is 0.374 e. The monoisotopic (exact) mass is 200 g/mol. The highest BCUT2D eigenvalue weighted by atomic mass is 16.5. The van der Waals surface area contributed by atoms with Crippen LogP contribution in [-0.4, -0.2) is 32.1 Å². The van der Waals surface area contributed by atoms with Gasteiger partial charge in [-0.25, -0.2) is 4.79 Å². The van der Waals surface area contributed by atoms with Gasteiger partial charge < -0.3 is 9.47 Å². The molecule has 0 aromatic heterocycles. The summed E-state index contributed by atoms with van der Waals surface area (Å²) in [4.78, 5) is 22.9. The lowest BCUT2D eigenvalue weighted by atomic mass is 9.74. The lowest BCUT2D eigenvalue weighted by Crippen LogP contribution is -2.41. The Morgan fingerprint density at radius 2 is 1.93 bits per heavy atom. The van der Waals surface area contributed by atoms with Crippen molar-refractivity contribution < 1.29 is 19.1 Å². The number of hydrogen-bond donors (Lipinski definition) is 0. The molecule has 0 radical (unpaired) electrons. The van der Waals surface area contributed by atoms with Crippen LogP contribution in [0.4, 0.5) is 0 Å². The Morgan fingerprint density at radius 1 is 1.36 bits per heavy atom. The third-order valence-electron chi connectivity index (χ3n) is 2.98. The van der Waals surface area contributed by atoms with E-state index in [9.17, 15) is 9.59 Å². The van der Waals surface area contributed by atoms with E-state index in [1.807, 2.05) is 6.92 Å². The van der Waals surface area contributed by atoms with Gasteiger partial charge in [0.2, 0.25) is 5.78 Å². The zero-order valence-corrected chi connectivity index (χ0v) is 8.67. The molecule has 1 aliphatic rings. The van der Waals surface area contributed by atoms with E-state index in [1.54, 1.807) is 0 Å². The van der Waals surface area contributed by atoms with Gasteiger partial charge in [-0.15, -0.1) is 0 Å². The van der Waals surface area contributed by atoms with Crippen LogP contribution in [0, 0.1) is 5.41 Å². The molecule has 0 aliphatic carbocycles. The average Bonchev–Trinajstić information content (AvgIpc) is 2.28. The van der Waals surface area contributed by atoms with Crippen LogP contribution in [0.5, 0.6) is 0 Å². The summed E-state index contributed by atoms with van der Waals surface area (Å²) in [5, 5.41) is 0. The third-order valence-corrected chi connectivity index (χ3v) is 2.98. The first-order valence-corrected chi connectivity index (χ1v) is 4.87. The number of methoxy groups -OCH3 is 1. The molecule has 0 unspecified atom stereocenters. The third kappa shape index (κ3) is 1.95. The van der Waals surface area contributed by atoms with Crippen LogP contribution in [0.3, 0.4) is 0 Å². The van der Waals surface area contributed by atoms with E-state index in [2.05, 4.69) is 4.74 Å². The molecule has 1 saturated heterocycles. The molecule has 0 bridgehead atoms. The maximum absolute atomic E-state index is 11.8. The quantitative estimate of drug-likeness (QED) is 0.502. The first-order chi connectivity index (χ1) is 6.66. The summed E-state index contributed by atoms with van der Waals surface area (Å²) >= 11 is 0. The van der Waals surface area contributed by atoms with Gasteiger partial charge in [0, 0.05) is 18.6 Å². The first kappa shape index (κ1) is 11.2. The summed E-state index contributed by atoms with van der Waals surface area (Å²) in [6.07, 6.45) is 1.92. The van der Waals surface area contributed by atoms with Crippen LogP contribution in [0.25, 0.3) is 0 Å². The number of esters is 1. The Morgan fingerprint density at radius 3 is 2.36 bits per heavy atom. The summed E-state index contributed by atoms with van der Waals surface area (Å²) in [6, 6.07) is 0. The Bertz CT molecular complexity index is 228. The second-order valence-electron chi connectivity index (χ2n) is 3.57. The second-order valence-corrected chi connectivity index (χ2v) is 3.57. The van der Waals surface area contributed by atoms with Crippen molar-refractivity contribution in [3.05, 3.63) is 0 Å². The highest BCUT2D eigenvalue weighted by molar-refractivity contribution is 6.35. The van der Waals surface area contributed by atoms with Gasteiger partial charge in [-0.1, -0.05) is 6.92 Å². The van der Waals surface area contributed by atoms with Gasteiger partial charge in [0.25, 0.3) is 0 Å². The van der Waals surface area contributed by atoms with Crippen molar-refractivity contribution in [3.63, 3.8) is 0 Å². The van der Waals surface area contributed by atoms with Crippen molar-refractivity contribution in [3.8, 4) is 0 Å². The predicted octanol–water partition coefficient (Wildman–Crippen LogP) is 0.935. The van der Waals surface area contributed by atoms with Crippen molar-refractivity contribution in [2.45, 2.75) is 26.2 Å². The van der Waals surface area contributed by atoms with Gasteiger partial charge in [-0.3, -0.25) is 4.79 Å². The number of Topliss-reactive ketones (excluding diaryl/α,β-unsaturated/α-hetero) is 1. The van der Waals surface area contributed by atoms with Crippen molar-refractivity contribution in [2.75, 3.05) is 20.3 Å². The lowest BCUT2D eigenvalue weighted by Gasteiger charge is -2.33. The van der Waals surface area contributed by atoms with Crippen LogP contribution in [0.1, 0.15) is 26.2 Å². The fraction of sp³-hybridized carbons (Fsp3) is 0.800. The first-order valence-electron chi connectivity index (χ1n) is 4.87. The predicted molar refractivity (Wildman–Crippen MR) is 49.8 cm³/mol. The number of hydrogen-bond acceptors (Lipinski definition) is 4. The normalized spacial score (nSPS) is 20.1. The average molecular weight is 200 g/mol. The van der Waals surface area contributed by atoms with Crippen LogP contribution in [0.2, 0.25) is 0 Å². The summed E-state index contributed by atoms with van der Waals surface area (Å²) in [6.45, 7) is 3.03. The highest BCUT2D eigenvalue weighted by Crippen LogP contribution is 2.35. The summed E-state index contributed by atoms with van der Waals surface area (Å²) in [5.74, 6) is -1.13. The minimum atomic E-state index is -0.728. The van der Waals surface area contributed by atoms with Gasteiger partial charge in [-0.2, -0.15) is 0 Å². The molecule has 0 saturated carbocycles. The molecule has 1 fully saturated rings. The minimum absolute atomic E-state index is 0.397. The summed E-state index contributed by atoms with van der Waals surface area (Å²) in [7, 11) is 1.24. The van der Waals surface area contributed by atoms with E-state index < -0.39 is 17.2 Å². The van der Waals surface area contributed by atoms with Crippen molar-refractivity contribution in [1.82, 2.24) is 0 Å². The number of ketones is 1. The molecular weight excluding hydrogens is 184 g/mol. The van der Waals surface area contributed by atoms with E-state index in [1.165, 1.54) is 7.11 Å². The van der Waals surface area contributed by atoms with Crippen LogP contribution < -0.4 is 0 Å². The number of carbonyl (C=O) groups is 2. The van der Waals surface area contributed by atoms with E-state index in [4.69, 9.17) is 4.74 Å². The zero-order chi connectivity index (χ0) is 10.6. The van der Waals surface area contributed by atoms with Crippen LogP contribution in [-0.2, 0) is 19.1 Å². The molecule has 4 nitrogen and oxygen atoms in total. The molecule has 1 rings (SSSR count). The molecule has 0 aromatic carbocycles. The molecule has 0 amide bonds. The minimum Gasteiger partial charge on any atom is -0.463 e. The van der Waals surface area contributed by atoms with E-state index in [0.717, 1.165) is 0 Å². The Kier molecular flexibility index (Phi) is 3.63. The molecule has 1 heterocycles. The van der Waals surface area contributed by atoms with Gasteiger partial charge in [0.1, 0.15) is 0 Å². The zero-order valence-electron chi connectivity index (χ0n) is 8.67. The Balaban J connectivity index is 2.77.